The van der Waals surface area contributed by atoms with Crippen LogP contribution in [0.15, 0.2) is 34.2 Å². The molecule has 1 aromatic heterocycles. The van der Waals surface area contributed by atoms with Crippen LogP contribution >= 0.6 is 11.3 Å². The number of fused-ring (bicyclic) bond motifs is 1. The fourth-order valence-corrected chi connectivity index (χ4v) is 2.62. The molecule has 0 fully saturated rings. The summed E-state index contributed by atoms with van der Waals surface area (Å²) in [5.74, 6) is 0. The number of hydrogen-bond acceptors (Lipinski definition) is 4. The van der Waals surface area contributed by atoms with Crippen LogP contribution in [0.1, 0.15) is 13.3 Å². The van der Waals surface area contributed by atoms with E-state index in [4.69, 9.17) is 5.73 Å². The summed E-state index contributed by atoms with van der Waals surface area (Å²) in [6.07, 6.45) is 0.570. The van der Waals surface area contributed by atoms with Gasteiger partial charge in [-0.2, -0.15) is 5.10 Å². The number of nitrogens with one attached hydrogen (secondary N) is 1. The van der Waals surface area contributed by atoms with Crippen molar-refractivity contribution in [3.05, 3.63) is 33.9 Å². The highest BCUT2D eigenvalue weighted by atomic mass is 32.1. The number of carbonyl (C=O) groups excluding carboxylic acids is 1. The summed E-state index contributed by atoms with van der Waals surface area (Å²) in [7, 11) is 0. The lowest BCUT2D eigenvalue weighted by Gasteiger charge is -2.03. The number of primary amides is 1. The van der Waals surface area contributed by atoms with E-state index in [-0.39, 0.29) is 4.87 Å². The highest BCUT2D eigenvalue weighted by Gasteiger charge is 2.06. The number of nitrogens with zero attached hydrogens (tertiary/aromatic N) is 2. The number of para-hydroxylation sites is 1. The topological polar surface area (TPSA) is 89.5 Å². The number of hydrazone groups is 1. The van der Waals surface area contributed by atoms with Crippen LogP contribution in [0.25, 0.3) is 10.2 Å². The minimum absolute atomic E-state index is 0.0110. The Balaban J connectivity index is 2.14. The molecule has 0 spiro atoms. The minimum atomic E-state index is -0.697. The molecule has 0 radical (unpaired) electrons. The zero-order chi connectivity index (χ0) is 13.8. The molecular weight excluding hydrogens is 264 g/mol. The maximum Gasteiger partial charge on any atom is 0.332 e. The van der Waals surface area contributed by atoms with Gasteiger partial charge in [-0.25, -0.2) is 10.2 Å². The predicted octanol–water partition coefficient (Wildman–Crippen LogP) is 1.50. The zero-order valence-electron chi connectivity index (χ0n) is 10.4. The van der Waals surface area contributed by atoms with Gasteiger partial charge < -0.3 is 5.73 Å². The summed E-state index contributed by atoms with van der Waals surface area (Å²) in [6.45, 7) is 2.30. The third kappa shape index (κ3) is 3.19. The van der Waals surface area contributed by atoms with Crippen LogP contribution in [-0.4, -0.2) is 16.3 Å². The Bertz CT molecular complexity index is 686. The van der Waals surface area contributed by atoms with Gasteiger partial charge in [-0.1, -0.05) is 23.5 Å². The number of nitrogens with two attached hydrogens (primary N) is 1. The normalized spacial score (nSPS) is 11.7. The van der Waals surface area contributed by atoms with Gasteiger partial charge in [0.2, 0.25) is 0 Å². The van der Waals surface area contributed by atoms with Gasteiger partial charge in [0.1, 0.15) is 0 Å². The molecule has 0 unspecified atom stereocenters. The van der Waals surface area contributed by atoms with Crippen LogP contribution in [0.2, 0.25) is 0 Å². The second-order valence-electron chi connectivity index (χ2n) is 4.06. The highest BCUT2D eigenvalue weighted by Crippen LogP contribution is 2.16. The van der Waals surface area contributed by atoms with Crippen LogP contribution in [0, 0.1) is 0 Å². The molecule has 0 bridgehead atoms. The number of aryl methyl sites for hydroxylation is 1. The van der Waals surface area contributed by atoms with Gasteiger partial charge >= 0.3 is 10.9 Å². The SMILES string of the molecule is CC(CCn1c(=O)sc2ccccc21)=NNC(N)=O. The molecule has 7 heteroatoms. The van der Waals surface area contributed by atoms with E-state index in [1.165, 1.54) is 11.3 Å². The molecule has 1 aromatic carbocycles. The zero-order valence-corrected chi connectivity index (χ0v) is 11.2. The van der Waals surface area contributed by atoms with Crippen LogP contribution in [0.3, 0.4) is 0 Å². The molecule has 2 amide bonds. The van der Waals surface area contributed by atoms with Crippen LogP contribution in [-0.2, 0) is 6.54 Å². The van der Waals surface area contributed by atoms with E-state index in [0.717, 1.165) is 10.2 Å². The average molecular weight is 278 g/mol. The molecule has 0 aliphatic rings. The van der Waals surface area contributed by atoms with E-state index in [9.17, 15) is 9.59 Å². The van der Waals surface area contributed by atoms with Crippen LogP contribution in [0.5, 0.6) is 0 Å². The maximum atomic E-state index is 11.9. The first-order valence-electron chi connectivity index (χ1n) is 5.75. The number of benzene rings is 1. The van der Waals surface area contributed by atoms with Crippen LogP contribution in [0.4, 0.5) is 4.79 Å². The number of rotatable bonds is 4. The average Bonchev–Trinajstić information content (AvgIpc) is 2.69. The van der Waals surface area contributed by atoms with Crippen molar-refractivity contribution in [3.8, 4) is 0 Å². The third-order valence-corrected chi connectivity index (χ3v) is 3.59. The number of aromatic nitrogens is 1. The van der Waals surface area contributed by atoms with E-state index in [1.807, 2.05) is 24.3 Å². The highest BCUT2D eigenvalue weighted by molar-refractivity contribution is 7.16. The molecule has 0 saturated carbocycles. The van der Waals surface area contributed by atoms with E-state index >= 15 is 0 Å². The van der Waals surface area contributed by atoms with Gasteiger partial charge in [0.05, 0.1) is 10.2 Å². The number of urea groups is 1. The van der Waals surface area contributed by atoms with E-state index in [2.05, 4.69) is 10.5 Å². The maximum absolute atomic E-state index is 11.9. The first kappa shape index (κ1) is 13.3. The third-order valence-electron chi connectivity index (χ3n) is 2.63. The Labute approximate surface area is 113 Å². The van der Waals surface area contributed by atoms with Gasteiger partial charge in [0.15, 0.2) is 0 Å². The first-order valence-corrected chi connectivity index (χ1v) is 6.56. The molecule has 0 atom stereocenters. The number of amides is 2. The minimum Gasteiger partial charge on any atom is -0.350 e. The molecule has 100 valence electrons. The van der Waals surface area contributed by atoms with Gasteiger partial charge in [-0.3, -0.25) is 9.36 Å². The summed E-state index contributed by atoms with van der Waals surface area (Å²) >= 11 is 1.23. The molecular formula is C12H14N4O2S. The standard InChI is InChI=1S/C12H14N4O2S/c1-8(14-15-11(13)17)6-7-16-9-4-2-3-5-10(9)19-12(16)18/h2-5H,6-7H2,1H3,(H3,13,15,17). The molecule has 6 nitrogen and oxygen atoms in total. The largest absolute Gasteiger partial charge is 0.350 e. The second-order valence-corrected chi connectivity index (χ2v) is 5.05. The van der Waals surface area contributed by atoms with Gasteiger partial charge in [-0.15, -0.1) is 0 Å². The Kier molecular flexibility index (Phi) is 3.96. The van der Waals surface area contributed by atoms with Crippen molar-refractivity contribution in [1.82, 2.24) is 9.99 Å². The van der Waals surface area contributed by atoms with Crippen molar-refractivity contribution < 1.29 is 4.79 Å². The van der Waals surface area contributed by atoms with Crippen molar-refractivity contribution in [1.29, 1.82) is 0 Å². The number of carbonyl (C=O) groups is 1. The van der Waals surface area contributed by atoms with Gasteiger partial charge in [0, 0.05) is 18.7 Å². The lowest BCUT2D eigenvalue weighted by Crippen LogP contribution is -2.25. The van der Waals surface area contributed by atoms with Crippen molar-refractivity contribution in [3.63, 3.8) is 0 Å². The molecule has 3 N–H and O–H groups in total. The molecule has 2 aromatic rings. The Morgan fingerprint density at radius 3 is 2.95 bits per heavy atom. The smallest absolute Gasteiger partial charge is 0.332 e. The van der Waals surface area contributed by atoms with E-state index in [1.54, 1.807) is 11.5 Å². The summed E-state index contributed by atoms with van der Waals surface area (Å²) in [6, 6.07) is 6.96. The Morgan fingerprint density at radius 2 is 2.21 bits per heavy atom. The number of hydrogen-bond donors (Lipinski definition) is 2. The summed E-state index contributed by atoms with van der Waals surface area (Å²) < 4.78 is 2.68. The fraction of sp³-hybridized carbons (Fsp3) is 0.250. The van der Waals surface area contributed by atoms with E-state index in [0.29, 0.717) is 18.7 Å². The van der Waals surface area contributed by atoms with Crippen molar-refractivity contribution in [2.75, 3.05) is 0 Å². The molecule has 1 heterocycles. The second kappa shape index (κ2) is 5.66. The summed E-state index contributed by atoms with van der Waals surface area (Å²) in [5, 5.41) is 3.81. The lowest BCUT2D eigenvalue weighted by atomic mass is 10.3. The molecule has 0 saturated heterocycles. The number of thiazole rings is 1. The van der Waals surface area contributed by atoms with Crippen molar-refractivity contribution >= 4 is 33.3 Å². The lowest BCUT2D eigenvalue weighted by molar-refractivity contribution is 0.249. The van der Waals surface area contributed by atoms with Crippen molar-refractivity contribution in [2.24, 2.45) is 10.8 Å². The Morgan fingerprint density at radius 1 is 1.47 bits per heavy atom. The molecule has 2 rings (SSSR count). The fourth-order valence-electron chi connectivity index (χ4n) is 1.71. The van der Waals surface area contributed by atoms with Gasteiger partial charge in [0.25, 0.3) is 0 Å². The van der Waals surface area contributed by atoms with Gasteiger partial charge in [-0.05, 0) is 19.1 Å². The molecule has 0 aliphatic heterocycles. The van der Waals surface area contributed by atoms with Crippen LogP contribution < -0.4 is 16.0 Å². The van der Waals surface area contributed by atoms with Crippen molar-refractivity contribution in [2.45, 2.75) is 19.9 Å². The molecule has 19 heavy (non-hydrogen) atoms. The predicted molar refractivity (Wildman–Crippen MR) is 76.5 cm³/mol. The van der Waals surface area contributed by atoms with E-state index < -0.39 is 6.03 Å². The Hall–Kier alpha value is -2.15. The first-order chi connectivity index (χ1) is 9.08. The molecule has 0 aliphatic carbocycles. The monoisotopic (exact) mass is 278 g/mol. The summed E-state index contributed by atoms with van der Waals surface area (Å²) in [5.41, 5.74) is 8.72. The quantitative estimate of drug-likeness (QED) is 0.655. The summed E-state index contributed by atoms with van der Waals surface area (Å²) in [4.78, 5) is 22.4.